The topological polar surface area (TPSA) is 75.3 Å². The third-order valence-corrected chi connectivity index (χ3v) is 5.24. The number of carbonyl (C=O) groups is 1. The van der Waals surface area contributed by atoms with E-state index in [4.69, 9.17) is 11.6 Å². The molecule has 7 heteroatoms. The van der Waals surface area contributed by atoms with Crippen LogP contribution in [0.15, 0.2) is 53.4 Å². The van der Waals surface area contributed by atoms with Crippen molar-refractivity contribution in [1.29, 1.82) is 0 Å². The first-order chi connectivity index (χ1) is 11.3. The highest BCUT2D eigenvalue weighted by molar-refractivity contribution is 7.89. The summed E-state index contributed by atoms with van der Waals surface area (Å²) < 4.78 is 27.0. The summed E-state index contributed by atoms with van der Waals surface area (Å²) in [6.45, 7) is 3.76. The van der Waals surface area contributed by atoms with Gasteiger partial charge in [0.15, 0.2) is 0 Å². The van der Waals surface area contributed by atoms with Gasteiger partial charge in [-0.15, -0.1) is 0 Å². The van der Waals surface area contributed by atoms with E-state index in [1.165, 1.54) is 12.1 Å². The molecule has 0 heterocycles. The van der Waals surface area contributed by atoms with Gasteiger partial charge < -0.3 is 5.32 Å². The zero-order valence-corrected chi connectivity index (χ0v) is 15.0. The van der Waals surface area contributed by atoms with Gasteiger partial charge in [0, 0.05) is 18.2 Å². The third-order valence-electron chi connectivity index (χ3n) is 3.34. The third kappa shape index (κ3) is 4.80. The van der Waals surface area contributed by atoms with Gasteiger partial charge in [0.2, 0.25) is 15.9 Å². The molecule has 0 aliphatic rings. The van der Waals surface area contributed by atoms with E-state index in [9.17, 15) is 13.2 Å². The smallest absolute Gasteiger partial charge is 0.242 e. The molecule has 2 rings (SSSR count). The monoisotopic (exact) mass is 366 g/mol. The van der Waals surface area contributed by atoms with Gasteiger partial charge >= 0.3 is 0 Å². The molecule has 0 radical (unpaired) electrons. The van der Waals surface area contributed by atoms with E-state index in [1.54, 1.807) is 36.4 Å². The largest absolute Gasteiger partial charge is 0.326 e. The van der Waals surface area contributed by atoms with Crippen molar-refractivity contribution in [2.24, 2.45) is 5.92 Å². The molecule has 5 nitrogen and oxygen atoms in total. The molecular formula is C17H19ClN2O3S. The Balaban J connectivity index is 2.02. The van der Waals surface area contributed by atoms with E-state index in [1.807, 2.05) is 13.8 Å². The SMILES string of the molecule is CC(C)C(=O)Nc1ccc(CNS(=O)(=O)c2ccccc2Cl)cc1. The van der Waals surface area contributed by atoms with Crippen molar-refractivity contribution in [3.8, 4) is 0 Å². The predicted molar refractivity (Wildman–Crippen MR) is 95.4 cm³/mol. The van der Waals surface area contributed by atoms with Crippen LogP contribution >= 0.6 is 11.6 Å². The summed E-state index contributed by atoms with van der Waals surface area (Å²) in [5.41, 5.74) is 1.44. The maximum absolute atomic E-state index is 12.3. The molecule has 128 valence electrons. The summed E-state index contributed by atoms with van der Waals surface area (Å²) in [6.07, 6.45) is 0. The Morgan fingerprint density at radius 3 is 2.29 bits per heavy atom. The Morgan fingerprint density at radius 2 is 1.71 bits per heavy atom. The standard InChI is InChI=1S/C17H19ClN2O3S/c1-12(2)17(21)20-14-9-7-13(8-10-14)11-19-24(22,23)16-6-4-3-5-15(16)18/h3-10,12,19H,11H2,1-2H3,(H,20,21). The summed E-state index contributed by atoms with van der Waals surface area (Å²) in [7, 11) is -3.68. The summed E-state index contributed by atoms with van der Waals surface area (Å²) in [5, 5.41) is 2.96. The molecule has 0 atom stereocenters. The summed E-state index contributed by atoms with van der Waals surface area (Å²) in [5.74, 6) is -0.172. The molecule has 2 aromatic rings. The van der Waals surface area contributed by atoms with Crippen LogP contribution in [-0.2, 0) is 21.4 Å². The quantitative estimate of drug-likeness (QED) is 0.822. The maximum Gasteiger partial charge on any atom is 0.242 e. The number of sulfonamides is 1. The van der Waals surface area contributed by atoms with Crippen LogP contribution in [0.2, 0.25) is 5.02 Å². The van der Waals surface area contributed by atoms with Crippen LogP contribution < -0.4 is 10.0 Å². The van der Waals surface area contributed by atoms with Gasteiger partial charge in [-0.25, -0.2) is 13.1 Å². The Kier molecular flexibility index (Phi) is 5.99. The van der Waals surface area contributed by atoms with Gasteiger partial charge in [0.1, 0.15) is 4.90 Å². The second-order valence-electron chi connectivity index (χ2n) is 5.60. The average molecular weight is 367 g/mol. The number of anilines is 1. The van der Waals surface area contributed by atoms with Crippen molar-refractivity contribution < 1.29 is 13.2 Å². The number of amides is 1. The van der Waals surface area contributed by atoms with Crippen LogP contribution in [0.25, 0.3) is 0 Å². The van der Waals surface area contributed by atoms with Crippen molar-refractivity contribution in [3.05, 3.63) is 59.1 Å². The van der Waals surface area contributed by atoms with Crippen LogP contribution in [-0.4, -0.2) is 14.3 Å². The average Bonchev–Trinajstić information content (AvgIpc) is 2.54. The zero-order valence-electron chi connectivity index (χ0n) is 13.4. The molecule has 0 aliphatic heterocycles. The molecule has 2 aromatic carbocycles. The first-order valence-electron chi connectivity index (χ1n) is 7.43. The number of rotatable bonds is 6. The Hall–Kier alpha value is -1.89. The van der Waals surface area contributed by atoms with Gasteiger partial charge in [0.05, 0.1) is 5.02 Å². The van der Waals surface area contributed by atoms with E-state index >= 15 is 0 Å². The Morgan fingerprint density at radius 1 is 1.08 bits per heavy atom. The zero-order chi connectivity index (χ0) is 17.7. The Bertz CT molecular complexity index is 818. The Labute approximate surface area is 147 Å². The number of hydrogen-bond donors (Lipinski definition) is 2. The fraction of sp³-hybridized carbons (Fsp3) is 0.235. The van der Waals surface area contributed by atoms with Gasteiger partial charge in [-0.05, 0) is 29.8 Å². The first-order valence-corrected chi connectivity index (χ1v) is 9.30. The minimum atomic E-state index is -3.68. The number of hydrogen-bond acceptors (Lipinski definition) is 3. The fourth-order valence-corrected chi connectivity index (χ4v) is 3.45. The highest BCUT2D eigenvalue weighted by Gasteiger charge is 2.16. The molecule has 1 amide bonds. The minimum absolute atomic E-state index is 0.0486. The molecule has 0 saturated heterocycles. The molecule has 24 heavy (non-hydrogen) atoms. The van der Waals surface area contributed by atoms with Crippen molar-refractivity contribution in [2.75, 3.05) is 5.32 Å². The van der Waals surface area contributed by atoms with Crippen LogP contribution in [0, 0.1) is 5.92 Å². The minimum Gasteiger partial charge on any atom is -0.326 e. The molecule has 0 saturated carbocycles. The lowest BCUT2D eigenvalue weighted by molar-refractivity contribution is -0.118. The molecule has 2 N–H and O–H groups in total. The first kappa shape index (κ1) is 18.4. The van der Waals surface area contributed by atoms with Crippen molar-refractivity contribution in [3.63, 3.8) is 0 Å². The molecule has 0 aliphatic carbocycles. The number of carbonyl (C=O) groups excluding carboxylic acids is 1. The predicted octanol–water partition coefficient (Wildman–Crippen LogP) is 3.41. The van der Waals surface area contributed by atoms with Gasteiger partial charge in [0.25, 0.3) is 0 Å². The fourth-order valence-electron chi connectivity index (χ4n) is 1.91. The second kappa shape index (κ2) is 7.79. The normalized spacial score (nSPS) is 11.5. The number of halogens is 1. The van der Waals surface area contributed by atoms with Gasteiger partial charge in [-0.1, -0.05) is 49.7 Å². The van der Waals surface area contributed by atoms with Crippen LogP contribution in [0.5, 0.6) is 0 Å². The van der Waals surface area contributed by atoms with Gasteiger partial charge in [-0.3, -0.25) is 4.79 Å². The molecule has 0 bridgehead atoms. The molecule has 0 aromatic heterocycles. The molecule has 0 fully saturated rings. The number of nitrogens with one attached hydrogen (secondary N) is 2. The highest BCUT2D eigenvalue weighted by Crippen LogP contribution is 2.20. The summed E-state index contributed by atoms with van der Waals surface area (Å²) in [6, 6.07) is 13.3. The summed E-state index contributed by atoms with van der Waals surface area (Å²) >= 11 is 5.93. The van der Waals surface area contributed by atoms with Crippen molar-refractivity contribution >= 4 is 33.2 Å². The highest BCUT2D eigenvalue weighted by atomic mass is 35.5. The lowest BCUT2D eigenvalue weighted by atomic mass is 10.2. The maximum atomic E-state index is 12.3. The van der Waals surface area contributed by atoms with Crippen molar-refractivity contribution in [2.45, 2.75) is 25.3 Å². The lowest BCUT2D eigenvalue weighted by Crippen LogP contribution is -2.23. The summed E-state index contributed by atoms with van der Waals surface area (Å²) in [4.78, 5) is 11.7. The number of benzene rings is 2. The van der Waals surface area contributed by atoms with Crippen LogP contribution in [0.4, 0.5) is 5.69 Å². The second-order valence-corrected chi connectivity index (χ2v) is 7.74. The van der Waals surface area contributed by atoms with E-state index in [2.05, 4.69) is 10.0 Å². The lowest BCUT2D eigenvalue weighted by Gasteiger charge is -2.10. The van der Waals surface area contributed by atoms with E-state index in [-0.39, 0.29) is 28.3 Å². The van der Waals surface area contributed by atoms with E-state index < -0.39 is 10.0 Å². The molecule has 0 unspecified atom stereocenters. The van der Waals surface area contributed by atoms with Gasteiger partial charge in [-0.2, -0.15) is 0 Å². The van der Waals surface area contributed by atoms with Crippen LogP contribution in [0.3, 0.4) is 0 Å². The molecular weight excluding hydrogens is 348 g/mol. The molecule has 0 spiro atoms. The van der Waals surface area contributed by atoms with Crippen molar-refractivity contribution in [1.82, 2.24) is 4.72 Å². The van der Waals surface area contributed by atoms with E-state index in [0.29, 0.717) is 5.69 Å². The van der Waals surface area contributed by atoms with E-state index in [0.717, 1.165) is 5.56 Å². The van der Waals surface area contributed by atoms with Crippen LogP contribution in [0.1, 0.15) is 19.4 Å².